The van der Waals surface area contributed by atoms with Crippen molar-refractivity contribution < 1.29 is 8.42 Å². The van der Waals surface area contributed by atoms with Gasteiger partial charge < -0.3 is 0 Å². The number of para-hydroxylation sites is 1. The number of aromatic nitrogens is 1. The van der Waals surface area contributed by atoms with E-state index >= 15 is 0 Å². The Morgan fingerprint density at radius 2 is 1.88 bits per heavy atom. The number of thiazole rings is 1. The maximum Gasteiger partial charge on any atom is 0.308 e. The molecule has 2 heterocycles. The highest BCUT2D eigenvalue weighted by molar-refractivity contribution is 7.93. The largest absolute Gasteiger partial charge is 0.308 e. The highest BCUT2D eigenvalue weighted by atomic mass is 32.2. The van der Waals surface area contributed by atoms with Gasteiger partial charge in [-0.1, -0.05) is 29.5 Å². The third-order valence-corrected chi connectivity index (χ3v) is 7.65. The molecule has 1 aliphatic heterocycles. The van der Waals surface area contributed by atoms with Crippen LogP contribution in [0.15, 0.2) is 52.2 Å². The topological polar surface area (TPSA) is 59.4 Å². The van der Waals surface area contributed by atoms with Crippen LogP contribution in [0.4, 0.5) is 5.69 Å². The molecule has 0 bridgehead atoms. The molecule has 0 unspecified atom stereocenters. The molecule has 2 aromatic carbocycles. The van der Waals surface area contributed by atoms with Gasteiger partial charge >= 0.3 is 4.87 Å². The Labute approximate surface area is 156 Å². The van der Waals surface area contributed by atoms with Crippen molar-refractivity contribution >= 4 is 37.3 Å². The summed E-state index contributed by atoms with van der Waals surface area (Å²) in [6.07, 6.45) is 0.703. The summed E-state index contributed by atoms with van der Waals surface area (Å²) in [6, 6.07) is 12.5. The number of sulfonamides is 1. The normalized spacial score (nSPS) is 17.2. The van der Waals surface area contributed by atoms with E-state index in [0.717, 1.165) is 28.1 Å². The van der Waals surface area contributed by atoms with Gasteiger partial charge in [-0.05, 0) is 57.0 Å². The number of benzene rings is 2. The third kappa shape index (κ3) is 2.49. The first-order valence-electron chi connectivity index (χ1n) is 8.58. The minimum Gasteiger partial charge on any atom is -0.296 e. The molecular formula is C19H20N2O3S2. The van der Waals surface area contributed by atoms with Gasteiger partial charge in [0.2, 0.25) is 0 Å². The molecule has 0 saturated heterocycles. The predicted octanol–water partition coefficient (Wildman–Crippen LogP) is 3.78. The first-order valence-corrected chi connectivity index (χ1v) is 10.8. The summed E-state index contributed by atoms with van der Waals surface area (Å²) in [5.74, 6) is 0. The zero-order chi connectivity index (χ0) is 18.6. The zero-order valence-electron chi connectivity index (χ0n) is 14.8. The fourth-order valence-electron chi connectivity index (χ4n) is 3.68. The van der Waals surface area contributed by atoms with Crippen molar-refractivity contribution in [2.45, 2.75) is 44.2 Å². The molecule has 1 atom stereocenters. The van der Waals surface area contributed by atoms with Gasteiger partial charge in [-0.2, -0.15) is 0 Å². The van der Waals surface area contributed by atoms with Crippen LogP contribution in [0.3, 0.4) is 0 Å². The highest BCUT2D eigenvalue weighted by Crippen LogP contribution is 2.37. The Hall–Kier alpha value is -2.12. The summed E-state index contributed by atoms with van der Waals surface area (Å²) in [5, 5.41) is 0. The molecule has 136 valence electrons. The summed E-state index contributed by atoms with van der Waals surface area (Å²) in [7, 11) is -3.69. The Kier molecular flexibility index (Phi) is 3.96. The number of anilines is 1. The maximum atomic E-state index is 13.3. The Morgan fingerprint density at radius 3 is 2.62 bits per heavy atom. The smallest absolute Gasteiger partial charge is 0.296 e. The standard InChI is InChI=1S/C19H20N2O3S2/c1-12(2)20-17-9-8-15(11-18(17)25-19(20)22)26(23,24)21-13(3)10-14-6-4-5-7-16(14)21/h4-9,11-13H,10H2,1-3H3/t13-/m0/s1. The average molecular weight is 389 g/mol. The van der Waals surface area contributed by atoms with Gasteiger partial charge in [-0.25, -0.2) is 8.42 Å². The van der Waals surface area contributed by atoms with Crippen molar-refractivity contribution in [3.8, 4) is 0 Å². The molecule has 3 aromatic rings. The molecular weight excluding hydrogens is 368 g/mol. The van der Waals surface area contributed by atoms with E-state index in [1.807, 2.05) is 45.0 Å². The zero-order valence-corrected chi connectivity index (χ0v) is 16.5. The molecule has 1 aromatic heterocycles. The van der Waals surface area contributed by atoms with Crippen molar-refractivity contribution in [2.24, 2.45) is 0 Å². The maximum absolute atomic E-state index is 13.3. The van der Waals surface area contributed by atoms with Gasteiger partial charge in [-0.15, -0.1) is 0 Å². The minimum atomic E-state index is -3.69. The molecule has 0 amide bonds. The van der Waals surface area contributed by atoms with Crippen LogP contribution in [0.5, 0.6) is 0 Å². The summed E-state index contributed by atoms with van der Waals surface area (Å²) >= 11 is 1.09. The van der Waals surface area contributed by atoms with E-state index in [1.165, 1.54) is 4.31 Å². The Balaban J connectivity index is 1.86. The number of hydrogen-bond acceptors (Lipinski definition) is 4. The van der Waals surface area contributed by atoms with Crippen molar-refractivity contribution in [3.05, 3.63) is 57.7 Å². The average Bonchev–Trinajstić information content (AvgIpc) is 3.09. The second kappa shape index (κ2) is 5.96. The van der Waals surface area contributed by atoms with Gasteiger partial charge in [0.15, 0.2) is 0 Å². The van der Waals surface area contributed by atoms with Crippen LogP contribution in [0.25, 0.3) is 10.2 Å². The molecule has 0 aliphatic carbocycles. The number of nitrogens with zero attached hydrogens (tertiary/aromatic N) is 2. The molecule has 1 aliphatic rings. The predicted molar refractivity (Wildman–Crippen MR) is 106 cm³/mol. The molecule has 0 radical (unpaired) electrons. The van der Waals surface area contributed by atoms with Crippen molar-refractivity contribution in [2.75, 3.05) is 4.31 Å². The van der Waals surface area contributed by atoms with E-state index in [2.05, 4.69) is 0 Å². The summed E-state index contributed by atoms with van der Waals surface area (Å²) in [5.41, 5.74) is 2.57. The van der Waals surface area contributed by atoms with Crippen molar-refractivity contribution in [1.82, 2.24) is 4.57 Å². The third-order valence-electron chi connectivity index (χ3n) is 4.80. The SMILES string of the molecule is CC(C)n1c(=O)sc2cc(S(=O)(=O)N3c4ccccc4C[C@@H]3C)ccc21. The first-order chi connectivity index (χ1) is 12.3. The lowest BCUT2D eigenvalue weighted by atomic mass is 10.1. The summed E-state index contributed by atoms with van der Waals surface area (Å²) in [4.78, 5) is 12.4. The molecule has 0 spiro atoms. The molecule has 26 heavy (non-hydrogen) atoms. The van der Waals surface area contributed by atoms with Crippen LogP contribution in [-0.4, -0.2) is 19.0 Å². The van der Waals surface area contributed by atoms with E-state index in [1.54, 1.807) is 22.8 Å². The quantitative estimate of drug-likeness (QED) is 0.686. The lowest BCUT2D eigenvalue weighted by Crippen LogP contribution is -2.35. The molecule has 5 nitrogen and oxygen atoms in total. The summed E-state index contributed by atoms with van der Waals surface area (Å²) < 4.78 is 30.5. The van der Waals surface area contributed by atoms with Gasteiger partial charge in [0, 0.05) is 12.1 Å². The van der Waals surface area contributed by atoms with Crippen LogP contribution in [0, 0.1) is 0 Å². The Morgan fingerprint density at radius 1 is 1.15 bits per heavy atom. The second-order valence-electron chi connectivity index (χ2n) is 6.94. The Bertz CT molecular complexity index is 1160. The van der Waals surface area contributed by atoms with Gasteiger partial charge in [0.25, 0.3) is 10.0 Å². The number of hydrogen-bond donors (Lipinski definition) is 0. The van der Waals surface area contributed by atoms with E-state index in [-0.39, 0.29) is 21.9 Å². The lowest BCUT2D eigenvalue weighted by Gasteiger charge is -2.24. The summed E-state index contributed by atoms with van der Waals surface area (Å²) in [6.45, 7) is 5.81. The monoisotopic (exact) mass is 388 g/mol. The van der Waals surface area contributed by atoms with Crippen LogP contribution in [-0.2, 0) is 16.4 Å². The van der Waals surface area contributed by atoms with Gasteiger partial charge in [0.1, 0.15) is 0 Å². The van der Waals surface area contributed by atoms with E-state index in [9.17, 15) is 13.2 Å². The van der Waals surface area contributed by atoms with Crippen LogP contribution in [0.2, 0.25) is 0 Å². The fraction of sp³-hybridized carbons (Fsp3) is 0.316. The molecule has 4 rings (SSSR count). The highest BCUT2D eigenvalue weighted by Gasteiger charge is 2.36. The first kappa shape index (κ1) is 17.3. The van der Waals surface area contributed by atoms with Crippen molar-refractivity contribution in [3.63, 3.8) is 0 Å². The fourth-order valence-corrected chi connectivity index (χ4v) is 6.53. The second-order valence-corrected chi connectivity index (χ2v) is 9.75. The lowest BCUT2D eigenvalue weighted by molar-refractivity contribution is 0.584. The number of rotatable bonds is 3. The van der Waals surface area contributed by atoms with Crippen LogP contribution >= 0.6 is 11.3 Å². The van der Waals surface area contributed by atoms with Crippen LogP contribution in [0.1, 0.15) is 32.4 Å². The molecule has 0 N–H and O–H groups in total. The van der Waals surface area contributed by atoms with Gasteiger partial charge in [0.05, 0.1) is 20.8 Å². The van der Waals surface area contributed by atoms with Crippen LogP contribution < -0.4 is 9.18 Å². The minimum absolute atomic E-state index is 0.0317. The van der Waals surface area contributed by atoms with E-state index < -0.39 is 10.0 Å². The van der Waals surface area contributed by atoms with E-state index in [4.69, 9.17) is 0 Å². The van der Waals surface area contributed by atoms with Crippen molar-refractivity contribution in [1.29, 1.82) is 0 Å². The number of fused-ring (bicyclic) bond motifs is 2. The van der Waals surface area contributed by atoms with E-state index in [0.29, 0.717) is 11.1 Å². The molecule has 0 fully saturated rings. The van der Waals surface area contributed by atoms with Gasteiger partial charge in [-0.3, -0.25) is 13.7 Å². The molecule has 0 saturated carbocycles. The molecule has 7 heteroatoms.